The molecule has 0 fully saturated rings. The number of aromatic nitrogens is 2. The second-order valence-electron chi connectivity index (χ2n) is 5.76. The van der Waals surface area contributed by atoms with Crippen molar-refractivity contribution in [3.05, 3.63) is 74.5 Å². The molecule has 0 unspecified atom stereocenters. The van der Waals surface area contributed by atoms with Crippen LogP contribution in [0.25, 0.3) is 10.9 Å². The van der Waals surface area contributed by atoms with E-state index >= 15 is 0 Å². The molecule has 136 valence electrons. The minimum absolute atomic E-state index is 0.103. The zero-order valence-corrected chi connectivity index (χ0v) is 16.2. The molecule has 0 spiro atoms. The number of fused-ring (bicyclic) bond motifs is 1. The van der Waals surface area contributed by atoms with E-state index in [1.807, 2.05) is 48.5 Å². The first-order valence-electron chi connectivity index (χ1n) is 8.14. The van der Waals surface area contributed by atoms with Crippen LogP contribution in [0.15, 0.2) is 62.8 Å². The molecule has 3 rings (SSSR count). The van der Waals surface area contributed by atoms with Crippen molar-refractivity contribution in [1.29, 1.82) is 0 Å². The predicted molar refractivity (Wildman–Crippen MR) is 104 cm³/mol. The maximum absolute atomic E-state index is 13.1. The molecular weight excluding hydrogens is 398 g/mol. The number of benzene rings is 2. The molecule has 6 nitrogen and oxygen atoms in total. The van der Waals surface area contributed by atoms with Gasteiger partial charge >= 0.3 is 0 Å². The Morgan fingerprint density at radius 1 is 1.15 bits per heavy atom. The van der Waals surface area contributed by atoms with Crippen molar-refractivity contribution in [1.82, 2.24) is 9.55 Å². The largest absolute Gasteiger partial charge is 0.354 e. The fraction of sp³-hybridized carbons (Fsp3) is 0.263. The van der Waals surface area contributed by atoms with Gasteiger partial charge < -0.3 is 14.5 Å². The van der Waals surface area contributed by atoms with Gasteiger partial charge in [0.05, 0.1) is 24.0 Å². The van der Waals surface area contributed by atoms with Crippen molar-refractivity contribution < 1.29 is 9.47 Å². The molecule has 7 heteroatoms. The number of H-pyrrole nitrogens is 1. The van der Waals surface area contributed by atoms with Gasteiger partial charge in [-0.3, -0.25) is 9.36 Å². The molecule has 3 aromatic rings. The maximum atomic E-state index is 13.1. The highest BCUT2D eigenvalue weighted by molar-refractivity contribution is 9.10. The molecule has 0 bridgehead atoms. The van der Waals surface area contributed by atoms with Gasteiger partial charge in [0.1, 0.15) is 0 Å². The molecule has 0 saturated heterocycles. The Bertz CT molecular complexity index is 1010. The summed E-state index contributed by atoms with van der Waals surface area (Å²) in [6, 6.07) is 15.4. The Balaban J connectivity index is 2.17. The van der Waals surface area contributed by atoms with E-state index in [1.165, 1.54) is 0 Å². The van der Waals surface area contributed by atoms with Crippen LogP contribution in [0.3, 0.4) is 0 Å². The van der Waals surface area contributed by atoms with Gasteiger partial charge in [-0.15, -0.1) is 0 Å². The summed E-state index contributed by atoms with van der Waals surface area (Å²) in [5, 5.41) is 0.601. The third-order valence-electron chi connectivity index (χ3n) is 4.06. The number of nitrogens with one attached hydrogen (secondary N) is 1. The zero-order chi connectivity index (χ0) is 18.5. The Morgan fingerprint density at radius 3 is 2.58 bits per heavy atom. The SMILES string of the molecule is COC(C/N=c1\[nH]c2ccc(Br)cc2c(=O)n1Cc1ccccc1)OC. The van der Waals surface area contributed by atoms with Crippen molar-refractivity contribution in [2.75, 3.05) is 20.8 Å². The highest BCUT2D eigenvalue weighted by Crippen LogP contribution is 2.14. The fourth-order valence-electron chi connectivity index (χ4n) is 2.68. The average Bonchev–Trinajstić information content (AvgIpc) is 2.67. The summed E-state index contributed by atoms with van der Waals surface area (Å²) in [7, 11) is 3.12. The number of ether oxygens (including phenoxy) is 2. The van der Waals surface area contributed by atoms with E-state index < -0.39 is 6.29 Å². The van der Waals surface area contributed by atoms with E-state index in [-0.39, 0.29) is 12.1 Å². The zero-order valence-electron chi connectivity index (χ0n) is 14.6. The second kappa shape index (κ2) is 8.44. The third kappa shape index (κ3) is 4.12. The van der Waals surface area contributed by atoms with Gasteiger partial charge in [-0.2, -0.15) is 0 Å². The molecule has 0 amide bonds. The molecule has 1 N–H and O–H groups in total. The van der Waals surface area contributed by atoms with E-state index in [9.17, 15) is 4.79 Å². The summed E-state index contributed by atoms with van der Waals surface area (Å²) >= 11 is 3.43. The minimum atomic E-state index is -0.468. The molecular formula is C19H20BrN3O3. The molecule has 0 aliphatic carbocycles. The van der Waals surface area contributed by atoms with Crippen molar-refractivity contribution in [3.63, 3.8) is 0 Å². The first-order valence-corrected chi connectivity index (χ1v) is 8.94. The fourth-order valence-corrected chi connectivity index (χ4v) is 3.04. The van der Waals surface area contributed by atoms with Crippen LogP contribution in [0.1, 0.15) is 5.56 Å². The molecule has 2 aromatic carbocycles. The van der Waals surface area contributed by atoms with Crippen LogP contribution in [0.5, 0.6) is 0 Å². The summed E-state index contributed by atoms with van der Waals surface area (Å²) in [6.07, 6.45) is -0.468. The van der Waals surface area contributed by atoms with Crippen molar-refractivity contribution in [3.8, 4) is 0 Å². The number of aromatic amines is 1. The first kappa shape index (κ1) is 18.6. The summed E-state index contributed by atoms with van der Waals surface area (Å²) in [5.74, 6) is 0. The Kier molecular flexibility index (Phi) is 6.03. The quantitative estimate of drug-likeness (QED) is 0.626. The van der Waals surface area contributed by atoms with Crippen LogP contribution in [0, 0.1) is 0 Å². The molecule has 1 heterocycles. The van der Waals surface area contributed by atoms with E-state index in [1.54, 1.807) is 18.8 Å². The lowest BCUT2D eigenvalue weighted by molar-refractivity contribution is -0.0942. The summed E-state index contributed by atoms with van der Waals surface area (Å²) in [5.41, 5.74) is 2.12. The molecule has 0 aliphatic rings. The van der Waals surface area contributed by atoms with Gasteiger partial charge in [0.2, 0.25) is 5.62 Å². The Labute approximate surface area is 159 Å². The number of hydrogen-bond donors (Lipinski definition) is 1. The Morgan fingerprint density at radius 2 is 1.88 bits per heavy atom. The Hall–Kier alpha value is -2.22. The highest BCUT2D eigenvalue weighted by Gasteiger charge is 2.09. The number of halogens is 1. The molecule has 0 aliphatic heterocycles. The predicted octanol–water partition coefficient (Wildman–Crippen LogP) is 2.66. The minimum Gasteiger partial charge on any atom is -0.354 e. The van der Waals surface area contributed by atoms with Gasteiger partial charge in [-0.05, 0) is 23.8 Å². The van der Waals surface area contributed by atoms with Gasteiger partial charge in [0, 0.05) is 18.7 Å². The average molecular weight is 418 g/mol. The van der Waals surface area contributed by atoms with Gasteiger partial charge in [-0.25, -0.2) is 4.99 Å². The van der Waals surface area contributed by atoms with Crippen molar-refractivity contribution in [2.24, 2.45) is 4.99 Å². The molecule has 0 atom stereocenters. The lowest BCUT2D eigenvalue weighted by Crippen LogP contribution is -2.37. The monoisotopic (exact) mass is 417 g/mol. The molecule has 1 aromatic heterocycles. The van der Waals surface area contributed by atoms with Crippen molar-refractivity contribution in [2.45, 2.75) is 12.8 Å². The lowest BCUT2D eigenvalue weighted by atomic mass is 10.2. The van der Waals surface area contributed by atoms with Crippen LogP contribution >= 0.6 is 15.9 Å². The van der Waals surface area contributed by atoms with Crippen molar-refractivity contribution >= 4 is 26.8 Å². The van der Waals surface area contributed by atoms with E-state index in [0.717, 1.165) is 15.6 Å². The van der Waals surface area contributed by atoms with Crippen LogP contribution < -0.4 is 11.2 Å². The highest BCUT2D eigenvalue weighted by atomic mass is 79.9. The summed E-state index contributed by atoms with van der Waals surface area (Å²) in [4.78, 5) is 20.9. The lowest BCUT2D eigenvalue weighted by Gasteiger charge is -2.12. The van der Waals surface area contributed by atoms with Crippen LogP contribution in [0.2, 0.25) is 0 Å². The topological polar surface area (TPSA) is 68.6 Å². The van der Waals surface area contributed by atoms with Gasteiger partial charge in [0.15, 0.2) is 6.29 Å². The van der Waals surface area contributed by atoms with Crippen LogP contribution in [-0.2, 0) is 16.0 Å². The molecule has 0 radical (unpaired) electrons. The first-order chi connectivity index (χ1) is 12.6. The normalized spacial score (nSPS) is 12.2. The molecule has 26 heavy (non-hydrogen) atoms. The summed E-state index contributed by atoms with van der Waals surface area (Å²) < 4.78 is 12.9. The third-order valence-corrected chi connectivity index (χ3v) is 4.55. The number of nitrogens with zero attached hydrogens (tertiary/aromatic N) is 2. The smallest absolute Gasteiger partial charge is 0.263 e. The second-order valence-corrected chi connectivity index (χ2v) is 6.67. The van der Waals surface area contributed by atoms with E-state index in [4.69, 9.17) is 9.47 Å². The summed E-state index contributed by atoms with van der Waals surface area (Å²) in [6.45, 7) is 0.696. The number of methoxy groups -OCH3 is 2. The van der Waals surface area contributed by atoms with Gasteiger partial charge in [-0.1, -0.05) is 46.3 Å². The maximum Gasteiger partial charge on any atom is 0.263 e. The van der Waals surface area contributed by atoms with Gasteiger partial charge in [0.25, 0.3) is 5.56 Å². The van der Waals surface area contributed by atoms with E-state index in [2.05, 4.69) is 25.9 Å². The van der Waals surface area contributed by atoms with Crippen LogP contribution in [-0.4, -0.2) is 36.6 Å². The standard InChI is InChI=1S/C19H20BrN3O3/c1-25-17(26-2)11-21-19-22-16-9-8-14(20)10-15(16)18(24)23(19)12-13-6-4-3-5-7-13/h3-10,17H,11-12H2,1-2H3,(H,21,22). The molecule has 0 saturated carbocycles. The van der Waals surface area contributed by atoms with Crippen LogP contribution in [0.4, 0.5) is 0 Å². The number of rotatable bonds is 6. The van der Waals surface area contributed by atoms with E-state index in [0.29, 0.717) is 17.5 Å². The number of hydrogen-bond acceptors (Lipinski definition) is 4.